The van der Waals surface area contributed by atoms with Gasteiger partial charge in [0.1, 0.15) is 6.61 Å². The van der Waals surface area contributed by atoms with Crippen LogP contribution in [0.15, 0.2) is 27.4 Å². The molecule has 6 heteroatoms. The number of aliphatic hydroxyl groups excluding tert-OH is 1. The molecule has 15 heavy (non-hydrogen) atoms. The van der Waals surface area contributed by atoms with Crippen molar-refractivity contribution in [2.75, 3.05) is 6.61 Å². The minimum absolute atomic E-state index is 0.186. The van der Waals surface area contributed by atoms with Gasteiger partial charge in [-0.3, -0.25) is 4.98 Å². The molecule has 1 heterocycles. The van der Waals surface area contributed by atoms with Crippen molar-refractivity contribution in [1.29, 1.82) is 0 Å². The van der Waals surface area contributed by atoms with E-state index in [-0.39, 0.29) is 16.7 Å². The van der Waals surface area contributed by atoms with Crippen molar-refractivity contribution in [2.45, 2.75) is 5.92 Å². The monoisotopic (exact) mass is 215 g/mol. The predicted molar refractivity (Wildman–Crippen MR) is 47.8 cm³/mol. The minimum Gasteiger partial charge on any atom is -0.408 e. The maximum absolute atomic E-state index is 13.0. The molecule has 2 aromatic rings. The average Bonchev–Trinajstić information content (AvgIpc) is 2.56. The van der Waals surface area contributed by atoms with E-state index in [1.165, 1.54) is 6.07 Å². The first-order valence-corrected chi connectivity index (χ1v) is 4.15. The SMILES string of the molecule is O=c1[nH]c2cc(C(F)(F)CO)ccc2o1. The molecule has 0 bridgehead atoms. The van der Waals surface area contributed by atoms with Crippen molar-refractivity contribution >= 4 is 11.1 Å². The lowest BCUT2D eigenvalue weighted by Crippen LogP contribution is -2.18. The number of rotatable bonds is 2. The molecular weight excluding hydrogens is 208 g/mol. The van der Waals surface area contributed by atoms with E-state index in [0.717, 1.165) is 12.1 Å². The Morgan fingerprint density at radius 1 is 1.47 bits per heavy atom. The van der Waals surface area contributed by atoms with Crippen molar-refractivity contribution < 1.29 is 18.3 Å². The van der Waals surface area contributed by atoms with Crippen LogP contribution in [-0.4, -0.2) is 16.7 Å². The highest BCUT2D eigenvalue weighted by atomic mass is 19.3. The first-order valence-electron chi connectivity index (χ1n) is 4.15. The number of aromatic nitrogens is 1. The van der Waals surface area contributed by atoms with Gasteiger partial charge in [-0.05, 0) is 18.2 Å². The third-order valence-electron chi connectivity index (χ3n) is 2.04. The van der Waals surface area contributed by atoms with E-state index in [0.29, 0.717) is 0 Å². The molecule has 0 aliphatic rings. The number of hydrogen-bond donors (Lipinski definition) is 2. The van der Waals surface area contributed by atoms with Crippen molar-refractivity contribution in [2.24, 2.45) is 0 Å². The Bertz CT molecular complexity index is 544. The van der Waals surface area contributed by atoms with Crippen molar-refractivity contribution in [1.82, 2.24) is 4.98 Å². The highest BCUT2D eigenvalue weighted by Gasteiger charge is 2.30. The Morgan fingerprint density at radius 3 is 2.87 bits per heavy atom. The van der Waals surface area contributed by atoms with Gasteiger partial charge < -0.3 is 9.52 Å². The molecule has 2 rings (SSSR count). The van der Waals surface area contributed by atoms with E-state index < -0.39 is 18.3 Å². The molecule has 0 atom stereocenters. The predicted octanol–water partition coefficient (Wildman–Crippen LogP) is 1.21. The molecule has 4 nitrogen and oxygen atoms in total. The maximum Gasteiger partial charge on any atom is 0.417 e. The summed E-state index contributed by atoms with van der Waals surface area (Å²) in [4.78, 5) is 13.0. The van der Waals surface area contributed by atoms with Gasteiger partial charge in [0, 0.05) is 5.56 Å². The molecule has 80 valence electrons. The molecule has 0 amide bonds. The van der Waals surface area contributed by atoms with E-state index in [2.05, 4.69) is 9.40 Å². The van der Waals surface area contributed by atoms with Crippen molar-refractivity contribution in [3.8, 4) is 0 Å². The molecule has 0 spiro atoms. The number of alkyl halides is 2. The summed E-state index contributed by atoms with van der Waals surface area (Å²) in [6.45, 7) is -1.28. The average molecular weight is 215 g/mol. The summed E-state index contributed by atoms with van der Waals surface area (Å²) in [5.74, 6) is -4.02. The molecule has 0 radical (unpaired) electrons. The summed E-state index contributed by atoms with van der Waals surface area (Å²) < 4.78 is 30.7. The van der Waals surface area contributed by atoms with Gasteiger partial charge in [0.05, 0.1) is 5.52 Å². The van der Waals surface area contributed by atoms with Crippen LogP contribution in [-0.2, 0) is 5.92 Å². The molecule has 1 aromatic carbocycles. The Morgan fingerprint density at radius 2 is 2.20 bits per heavy atom. The van der Waals surface area contributed by atoms with Crippen LogP contribution in [0.4, 0.5) is 8.78 Å². The van der Waals surface area contributed by atoms with E-state index in [1.54, 1.807) is 0 Å². The van der Waals surface area contributed by atoms with Crippen LogP contribution in [0.25, 0.3) is 11.1 Å². The molecule has 0 fully saturated rings. The summed E-state index contributed by atoms with van der Waals surface area (Å²) >= 11 is 0. The van der Waals surface area contributed by atoms with Crippen molar-refractivity contribution in [3.63, 3.8) is 0 Å². The topological polar surface area (TPSA) is 66.2 Å². The second-order valence-electron chi connectivity index (χ2n) is 3.09. The fourth-order valence-corrected chi connectivity index (χ4v) is 1.27. The molecule has 0 aliphatic heterocycles. The van der Waals surface area contributed by atoms with Gasteiger partial charge in [-0.15, -0.1) is 0 Å². The zero-order valence-electron chi connectivity index (χ0n) is 7.46. The van der Waals surface area contributed by atoms with Crippen molar-refractivity contribution in [3.05, 3.63) is 34.3 Å². The van der Waals surface area contributed by atoms with Crippen LogP contribution in [0.1, 0.15) is 5.56 Å². The van der Waals surface area contributed by atoms with Gasteiger partial charge in [0.15, 0.2) is 5.58 Å². The maximum atomic E-state index is 13.0. The number of H-pyrrole nitrogens is 1. The zero-order valence-corrected chi connectivity index (χ0v) is 7.46. The van der Waals surface area contributed by atoms with Gasteiger partial charge in [0.2, 0.25) is 0 Å². The van der Waals surface area contributed by atoms with Crippen LogP contribution in [0.5, 0.6) is 0 Å². The Labute approximate surface area is 82.1 Å². The van der Waals surface area contributed by atoms with Crippen LogP contribution in [0.3, 0.4) is 0 Å². The molecule has 1 aromatic heterocycles. The smallest absolute Gasteiger partial charge is 0.408 e. The second-order valence-corrected chi connectivity index (χ2v) is 3.09. The van der Waals surface area contributed by atoms with E-state index >= 15 is 0 Å². The molecule has 0 saturated carbocycles. The van der Waals surface area contributed by atoms with Crippen LogP contribution >= 0.6 is 0 Å². The van der Waals surface area contributed by atoms with Crippen LogP contribution < -0.4 is 5.76 Å². The number of aromatic amines is 1. The molecule has 0 unspecified atom stereocenters. The second kappa shape index (κ2) is 3.16. The summed E-state index contributed by atoms with van der Waals surface area (Å²) in [5.41, 5.74) is 0.0256. The van der Waals surface area contributed by atoms with E-state index in [4.69, 9.17) is 5.11 Å². The van der Waals surface area contributed by atoms with Gasteiger partial charge >= 0.3 is 5.76 Å². The number of hydrogen-bond acceptors (Lipinski definition) is 3. The van der Waals surface area contributed by atoms with E-state index in [1.807, 2.05) is 0 Å². The lowest BCUT2D eigenvalue weighted by atomic mass is 10.1. The Kier molecular flexibility index (Phi) is 2.08. The highest BCUT2D eigenvalue weighted by molar-refractivity contribution is 5.73. The quantitative estimate of drug-likeness (QED) is 0.791. The summed E-state index contributed by atoms with van der Waals surface area (Å²) in [7, 11) is 0. The number of fused-ring (bicyclic) bond motifs is 1. The van der Waals surface area contributed by atoms with Gasteiger partial charge in [-0.1, -0.05) is 0 Å². The van der Waals surface area contributed by atoms with E-state index in [9.17, 15) is 13.6 Å². The van der Waals surface area contributed by atoms with Gasteiger partial charge in [-0.25, -0.2) is 4.79 Å². The molecular formula is C9H7F2NO3. The fourth-order valence-electron chi connectivity index (χ4n) is 1.27. The first kappa shape index (κ1) is 9.85. The lowest BCUT2D eigenvalue weighted by Gasteiger charge is -2.12. The number of nitrogens with one attached hydrogen (secondary N) is 1. The van der Waals surface area contributed by atoms with Crippen LogP contribution in [0.2, 0.25) is 0 Å². The summed E-state index contributed by atoms with van der Waals surface area (Å²) in [6, 6.07) is 3.44. The number of aliphatic hydroxyl groups is 1. The normalized spacial score (nSPS) is 12.2. The number of benzene rings is 1. The highest BCUT2D eigenvalue weighted by Crippen LogP contribution is 2.28. The molecule has 0 aliphatic carbocycles. The minimum atomic E-state index is -3.32. The molecule has 0 saturated heterocycles. The third-order valence-corrected chi connectivity index (χ3v) is 2.04. The Balaban J connectivity index is 2.60. The van der Waals surface area contributed by atoms with Gasteiger partial charge in [-0.2, -0.15) is 8.78 Å². The fraction of sp³-hybridized carbons (Fsp3) is 0.222. The zero-order chi connectivity index (χ0) is 11.1. The van der Waals surface area contributed by atoms with Crippen LogP contribution in [0, 0.1) is 0 Å². The Hall–Kier alpha value is -1.69. The summed E-state index contributed by atoms with van der Waals surface area (Å²) in [5, 5.41) is 8.48. The molecule has 2 N–H and O–H groups in total. The largest absolute Gasteiger partial charge is 0.417 e. The summed E-state index contributed by atoms with van der Waals surface area (Å²) in [6.07, 6.45) is 0. The number of oxazole rings is 1. The van der Waals surface area contributed by atoms with Gasteiger partial charge in [0.25, 0.3) is 5.92 Å². The number of halogens is 2. The third kappa shape index (κ3) is 1.63. The lowest BCUT2D eigenvalue weighted by molar-refractivity contribution is -0.0555. The standard InChI is InChI=1S/C9H7F2NO3/c10-9(11,4-13)5-1-2-7-6(3-5)12-8(14)15-7/h1-3,13H,4H2,(H,12,14). The first-order chi connectivity index (χ1) is 7.03.